The van der Waals surface area contributed by atoms with Gasteiger partial charge in [-0.1, -0.05) is 12.1 Å². The van der Waals surface area contributed by atoms with Crippen LogP contribution in [0.25, 0.3) is 11.4 Å². The van der Waals surface area contributed by atoms with Crippen molar-refractivity contribution in [1.29, 1.82) is 0 Å². The molecule has 0 atom stereocenters. The van der Waals surface area contributed by atoms with Crippen molar-refractivity contribution in [2.45, 2.75) is 39.3 Å². The van der Waals surface area contributed by atoms with Gasteiger partial charge in [0.1, 0.15) is 5.60 Å². The van der Waals surface area contributed by atoms with E-state index in [0.717, 1.165) is 29.1 Å². The number of amides is 1. The van der Waals surface area contributed by atoms with E-state index in [0.29, 0.717) is 13.1 Å². The van der Waals surface area contributed by atoms with E-state index in [2.05, 4.69) is 4.98 Å². The average molecular weight is 311 g/mol. The minimum atomic E-state index is -0.474. The summed E-state index contributed by atoms with van der Waals surface area (Å²) < 4.78 is 5.44. The summed E-state index contributed by atoms with van der Waals surface area (Å²) in [7, 11) is 0. The Balaban J connectivity index is 1.77. The molecule has 0 saturated heterocycles. The van der Waals surface area contributed by atoms with E-state index in [-0.39, 0.29) is 6.09 Å². The highest BCUT2D eigenvalue weighted by Crippen LogP contribution is 2.23. The fourth-order valence-electron chi connectivity index (χ4n) is 2.56. The molecule has 5 heteroatoms. The minimum absolute atomic E-state index is 0.267. The molecular formula is C18H21N3O2. The highest BCUT2D eigenvalue weighted by Gasteiger charge is 2.26. The van der Waals surface area contributed by atoms with Crippen molar-refractivity contribution in [3.8, 4) is 11.4 Å². The molecule has 1 aliphatic rings. The maximum absolute atomic E-state index is 12.2. The molecule has 23 heavy (non-hydrogen) atoms. The molecule has 1 amide bonds. The number of pyridine rings is 2. The molecule has 0 aliphatic carbocycles. The third kappa shape index (κ3) is 3.67. The van der Waals surface area contributed by atoms with Gasteiger partial charge < -0.3 is 9.64 Å². The van der Waals surface area contributed by atoms with E-state index >= 15 is 0 Å². The molecule has 120 valence electrons. The molecule has 0 bridgehead atoms. The maximum Gasteiger partial charge on any atom is 0.410 e. The lowest BCUT2D eigenvalue weighted by Crippen LogP contribution is -2.40. The van der Waals surface area contributed by atoms with Crippen LogP contribution in [-0.4, -0.2) is 33.1 Å². The molecule has 2 aromatic heterocycles. The lowest BCUT2D eigenvalue weighted by Gasteiger charge is -2.30. The zero-order valence-electron chi connectivity index (χ0n) is 13.7. The van der Waals surface area contributed by atoms with Crippen LogP contribution in [0.5, 0.6) is 0 Å². The Hall–Kier alpha value is -2.43. The van der Waals surface area contributed by atoms with E-state index in [9.17, 15) is 4.79 Å². The van der Waals surface area contributed by atoms with Crippen molar-refractivity contribution < 1.29 is 9.53 Å². The lowest BCUT2D eigenvalue weighted by molar-refractivity contribution is 0.0223. The largest absolute Gasteiger partial charge is 0.444 e. The van der Waals surface area contributed by atoms with Gasteiger partial charge in [0.15, 0.2) is 0 Å². The van der Waals surface area contributed by atoms with Crippen molar-refractivity contribution in [2.75, 3.05) is 6.54 Å². The monoisotopic (exact) mass is 311 g/mol. The Bertz CT molecular complexity index is 708. The van der Waals surface area contributed by atoms with Crippen LogP contribution in [0, 0.1) is 0 Å². The maximum atomic E-state index is 12.2. The van der Waals surface area contributed by atoms with Gasteiger partial charge in [-0.15, -0.1) is 0 Å². The summed E-state index contributed by atoms with van der Waals surface area (Å²) in [5, 5.41) is 0. The Morgan fingerprint density at radius 1 is 1.17 bits per heavy atom. The van der Waals surface area contributed by atoms with Gasteiger partial charge >= 0.3 is 6.09 Å². The fourth-order valence-corrected chi connectivity index (χ4v) is 2.56. The molecule has 0 unspecified atom stereocenters. The van der Waals surface area contributed by atoms with Crippen molar-refractivity contribution >= 4 is 6.09 Å². The quantitative estimate of drug-likeness (QED) is 0.809. The van der Waals surface area contributed by atoms with Crippen molar-refractivity contribution in [3.05, 3.63) is 47.8 Å². The summed E-state index contributed by atoms with van der Waals surface area (Å²) in [6.07, 6.45) is 2.23. The summed E-state index contributed by atoms with van der Waals surface area (Å²) in [5.74, 6) is 0. The number of ether oxygens (including phenoxy) is 1. The Labute approximate surface area is 136 Å². The van der Waals surface area contributed by atoms with Gasteiger partial charge in [0.05, 0.1) is 17.9 Å². The molecule has 3 heterocycles. The predicted octanol–water partition coefficient (Wildman–Crippen LogP) is 3.44. The van der Waals surface area contributed by atoms with Gasteiger partial charge in [-0.05, 0) is 44.5 Å². The van der Waals surface area contributed by atoms with Gasteiger partial charge in [0.2, 0.25) is 0 Å². The number of nitrogens with zero attached hydrogens (tertiary/aromatic N) is 3. The molecule has 2 aromatic rings. The molecule has 1 aliphatic heterocycles. The fraction of sp³-hybridized carbons (Fsp3) is 0.389. The summed E-state index contributed by atoms with van der Waals surface area (Å²) in [5.41, 5.74) is 3.37. The summed E-state index contributed by atoms with van der Waals surface area (Å²) >= 11 is 0. The lowest BCUT2D eigenvalue weighted by atomic mass is 10.0. The molecule has 0 saturated carbocycles. The van der Waals surface area contributed by atoms with E-state index in [4.69, 9.17) is 9.72 Å². The van der Waals surface area contributed by atoms with Crippen molar-refractivity contribution in [3.63, 3.8) is 0 Å². The first-order valence-corrected chi connectivity index (χ1v) is 7.80. The van der Waals surface area contributed by atoms with Crippen molar-refractivity contribution in [1.82, 2.24) is 14.9 Å². The molecule has 0 radical (unpaired) electrons. The smallest absolute Gasteiger partial charge is 0.410 e. The van der Waals surface area contributed by atoms with Gasteiger partial charge in [-0.3, -0.25) is 9.97 Å². The topological polar surface area (TPSA) is 55.3 Å². The Morgan fingerprint density at radius 2 is 2.00 bits per heavy atom. The average Bonchev–Trinajstić information content (AvgIpc) is 2.53. The number of carbonyl (C=O) groups excluding carboxylic acids is 1. The third-order valence-electron chi connectivity index (χ3n) is 3.63. The number of hydrogen-bond acceptors (Lipinski definition) is 4. The number of fused-ring (bicyclic) bond motifs is 1. The number of aromatic nitrogens is 2. The summed E-state index contributed by atoms with van der Waals surface area (Å²) in [6.45, 7) is 6.80. The second kappa shape index (κ2) is 5.99. The first kappa shape index (κ1) is 15.5. The second-order valence-electron chi connectivity index (χ2n) is 6.67. The summed E-state index contributed by atoms with van der Waals surface area (Å²) in [4.78, 5) is 23.0. The zero-order chi connectivity index (χ0) is 16.4. The first-order chi connectivity index (χ1) is 10.9. The van der Waals surface area contributed by atoms with Crippen LogP contribution in [0.15, 0.2) is 36.5 Å². The van der Waals surface area contributed by atoms with E-state index in [1.165, 1.54) is 0 Å². The highest BCUT2D eigenvalue weighted by atomic mass is 16.6. The molecular weight excluding hydrogens is 290 g/mol. The van der Waals surface area contributed by atoms with Crippen LogP contribution in [-0.2, 0) is 17.7 Å². The van der Waals surface area contributed by atoms with Crippen LogP contribution in [0.4, 0.5) is 4.79 Å². The third-order valence-corrected chi connectivity index (χ3v) is 3.63. The van der Waals surface area contributed by atoms with E-state index in [1.54, 1.807) is 11.1 Å². The first-order valence-electron chi connectivity index (χ1n) is 7.80. The SMILES string of the molecule is CC(C)(C)OC(=O)N1CCc2nc(-c3ccccn3)ccc2C1. The van der Waals surface area contributed by atoms with E-state index < -0.39 is 5.60 Å². The molecule has 3 rings (SSSR count). The Morgan fingerprint density at radius 3 is 2.70 bits per heavy atom. The van der Waals surface area contributed by atoms with Gasteiger partial charge in [0.25, 0.3) is 0 Å². The molecule has 5 nitrogen and oxygen atoms in total. The number of carbonyl (C=O) groups is 1. The predicted molar refractivity (Wildman–Crippen MR) is 87.8 cm³/mol. The van der Waals surface area contributed by atoms with Crippen LogP contribution in [0.1, 0.15) is 32.0 Å². The standard InChI is InChI=1S/C18H21N3O2/c1-18(2,3)23-17(22)21-11-9-14-13(12-21)7-8-16(20-14)15-6-4-5-10-19-15/h4-8,10H,9,11-12H2,1-3H3. The van der Waals surface area contributed by atoms with E-state index in [1.807, 2.05) is 51.1 Å². The second-order valence-corrected chi connectivity index (χ2v) is 6.67. The number of hydrogen-bond donors (Lipinski definition) is 0. The van der Waals surface area contributed by atoms with Gasteiger partial charge in [-0.2, -0.15) is 0 Å². The van der Waals surface area contributed by atoms with Crippen LogP contribution in [0.2, 0.25) is 0 Å². The molecule has 0 fully saturated rings. The number of rotatable bonds is 1. The van der Waals surface area contributed by atoms with Crippen LogP contribution < -0.4 is 0 Å². The van der Waals surface area contributed by atoms with Crippen molar-refractivity contribution in [2.24, 2.45) is 0 Å². The molecule has 0 aromatic carbocycles. The molecule has 0 N–H and O–H groups in total. The van der Waals surface area contributed by atoms with Gasteiger partial charge in [0, 0.05) is 24.9 Å². The van der Waals surface area contributed by atoms with Gasteiger partial charge in [-0.25, -0.2) is 4.79 Å². The summed E-state index contributed by atoms with van der Waals surface area (Å²) in [6, 6.07) is 9.78. The van der Waals surface area contributed by atoms with Crippen LogP contribution >= 0.6 is 0 Å². The zero-order valence-corrected chi connectivity index (χ0v) is 13.7. The normalized spacial score (nSPS) is 14.3. The minimum Gasteiger partial charge on any atom is -0.444 e. The highest BCUT2D eigenvalue weighted by molar-refractivity contribution is 5.68. The molecule has 0 spiro atoms. The van der Waals surface area contributed by atoms with Crippen LogP contribution in [0.3, 0.4) is 0 Å². The Kier molecular flexibility index (Phi) is 4.03.